The number of thioether (sulfide) groups is 1. The normalized spacial score (nSPS) is 11.1. The van der Waals surface area contributed by atoms with Crippen LogP contribution in [-0.2, 0) is 11.3 Å². The number of aromatic nitrogens is 4. The maximum Gasteiger partial charge on any atom is 0.234 e. The second-order valence-corrected chi connectivity index (χ2v) is 8.77. The Bertz CT molecular complexity index is 1500. The number of ketones is 1. The van der Waals surface area contributed by atoms with E-state index in [0.29, 0.717) is 23.0 Å². The Morgan fingerprint density at radius 2 is 1.65 bits per heavy atom. The fourth-order valence-electron chi connectivity index (χ4n) is 3.79. The van der Waals surface area contributed by atoms with Crippen molar-refractivity contribution >= 4 is 51.2 Å². The molecule has 168 valence electrons. The van der Waals surface area contributed by atoms with Gasteiger partial charge in [-0.1, -0.05) is 60.3 Å². The van der Waals surface area contributed by atoms with Crippen molar-refractivity contribution < 1.29 is 9.59 Å². The average Bonchev–Trinajstić information content (AvgIpc) is 3.17. The summed E-state index contributed by atoms with van der Waals surface area (Å²) in [5.41, 5.74) is 4.91. The van der Waals surface area contributed by atoms with Crippen LogP contribution in [0.5, 0.6) is 0 Å². The Morgan fingerprint density at radius 3 is 2.41 bits per heavy atom. The number of hydrogen-bond acceptors (Lipinski definition) is 6. The van der Waals surface area contributed by atoms with Crippen molar-refractivity contribution in [1.82, 2.24) is 19.7 Å². The number of para-hydroxylation sites is 1. The molecule has 8 heteroatoms. The first-order valence-corrected chi connectivity index (χ1v) is 11.8. The average molecular weight is 468 g/mol. The molecule has 5 rings (SSSR count). The summed E-state index contributed by atoms with van der Waals surface area (Å²) in [7, 11) is 0. The van der Waals surface area contributed by atoms with Gasteiger partial charge in [0.25, 0.3) is 0 Å². The molecule has 1 amide bonds. The Labute approximate surface area is 200 Å². The molecule has 0 radical (unpaired) electrons. The monoisotopic (exact) mass is 467 g/mol. The third-order valence-electron chi connectivity index (χ3n) is 5.45. The number of Topliss-reactive ketones (excluding diaryl/α,β-unsaturated/α-hetero) is 1. The van der Waals surface area contributed by atoms with E-state index in [-0.39, 0.29) is 17.4 Å². The van der Waals surface area contributed by atoms with Gasteiger partial charge in [-0.25, -0.2) is 4.98 Å². The lowest BCUT2D eigenvalue weighted by atomic mass is 10.1. The number of nitrogens with one attached hydrogen (secondary N) is 1. The van der Waals surface area contributed by atoms with Gasteiger partial charge in [-0.2, -0.15) is 0 Å². The molecule has 2 aromatic heterocycles. The maximum absolute atomic E-state index is 12.4. The maximum atomic E-state index is 12.4. The molecule has 0 fully saturated rings. The predicted octanol–water partition coefficient (Wildman–Crippen LogP) is 4.96. The molecular weight excluding hydrogens is 446 g/mol. The molecule has 3 aromatic carbocycles. The fraction of sp³-hybridized carbons (Fsp3) is 0.115. The summed E-state index contributed by atoms with van der Waals surface area (Å²) in [6.07, 6.45) is 0. The van der Waals surface area contributed by atoms with Gasteiger partial charge < -0.3 is 9.88 Å². The first-order valence-electron chi connectivity index (χ1n) is 10.8. The van der Waals surface area contributed by atoms with Crippen molar-refractivity contribution in [1.29, 1.82) is 0 Å². The standard InChI is InChI=1S/C26H21N5O2S/c1-17(32)19-11-13-20(14-12-19)27-23(33)16-34-26-28-25-24(29-30-26)21-9-5-6-10-22(21)31(25)15-18-7-3-2-4-8-18/h2-14H,15-16H2,1H3,(H,27,33). The van der Waals surface area contributed by atoms with Crippen molar-refractivity contribution in [3.63, 3.8) is 0 Å². The first-order chi connectivity index (χ1) is 16.6. The summed E-state index contributed by atoms with van der Waals surface area (Å²) in [6.45, 7) is 2.17. The number of amides is 1. The minimum Gasteiger partial charge on any atom is -0.325 e. The van der Waals surface area contributed by atoms with Crippen molar-refractivity contribution in [2.24, 2.45) is 0 Å². The van der Waals surface area contributed by atoms with Crippen molar-refractivity contribution in [2.75, 3.05) is 11.1 Å². The van der Waals surface area contributed by atoms with E-state index in [1.54, 1.807) is 24.3 Å². The molecule has 2 heterocycles. The van der Waals surface area contributed by atoms with Gasteiger partial charge in [-0.3, -0.25) is 9.59 Å². The van der Waals surface area contributed by atoms with Crippen LogP contribution in [0.15, 0.2) is 84.0 Å². The van der Waals surface area contributed by atoms with Crippen LogP contribution in [0.4, 0.5) is 5.69 Å². The van der Waals surface area contributed by atoms with Crippen LogP contribution in [-0.4, -0.2) is 37.2 Å². The largest absolute Gasteiger partial charge is 0.325 e. The molecule has 0 aliphatic carbocycles. The zero-order chi connectivity index (χ0) is 23.5. The number of carbonyl (C=O) groups is 2. The van der Waals surface area contributed by atoms with Gasteiger partial charge in [0.2, 0.25) is 11.1 Å². The number of anilines is 1. The number of benzene rings is 3. The van der Waals surface area contributed by atoms with E-state index in [0.717, 1.165) is 27.6 Å². The molecule has 1 N–H and O–H groups in total. The number of rotatable bonds is 7. The highest BCUT2D eigenvalue weighted by Crippen LogP contribution is 2.28. The molecule has 0 saturated heterocycles. The molecule has 0 aliphatic rings. The van der Waals surface area contributed by atoms with E-state index in [1.165, 1.54) is 18.7 Å². The Kier molecular flexibility index (Phi) is 6.05. The Hall–Kier alpha value is -4.04. The van der Waals surface area contributed by atoms with Gasteiger partial charge in [-0.05, 0) is 42.8 Å². The molecule has 5 aromatic rings. The van der Waals surface area contributed by atoms with Crippen molar-refractivity contribution in [2.45, 2.75) is 18.6 Å². The number of hydrogen-bond donors (Lipinski definition) is 1. The second-order valence-electron chi connectivity index (χ2n) is 7.83. The number of fused-ring (bicyclic) bond motifs is 3. The molecule has 7 nitrogen and oxygen atoms in total. The molecule has 0 saturated carbocycles. The van der Waals surface area contributed by atoms with Gasteiger partial charge >= 0.3 is 0 Å². The van der Waals surface area contributed by atoms with E-state index in [4.69, 9.17) is 4.98 Å². The zero-order valence-electron chi connectivity index (χ0n) is 18.4. The second kappa shape index (κ2) is 9.44. The molecule has 0 bridgehead atoms. The van der Waals surface area contributed by atoms with E-state index < -0.39 is 0 Å². The third kappa shape index (κ3) is 4.53. The lowest BCUT2D eigenvalue weighted by molar-refractivity contribution is -0.113. The zero-order valence-corrected chi connectivity index (χ0v) is 19.2. The van der Waals surface area contributed by atoms with Crippen LogP contribution < -0.4 is 5.32 Å². The molecular formula is C26H21N5O2S. The molecule has 0 atom stereocenters. The van der Waals surface area contributed by atoms with Crippen LogP contribution in [0.1, 0.15) is 22.8 Å². The molecule has 34 heavy (non-hydrogen) atoms. The van der Waals surface area contributed by atoms with E-state index in [1.807, 2.05) is 36.4 Å². The summed E-state index contributed by atoms with van der Waals surface area (Å²) in [4.78, 5) is 28.6. The quantitative estimate of drug-likeness (QED) is 0.269. The lowest BCUT2D eigenvalue weighted by Crippen LogP contribution is -2.14. The smallest absolute Gasteiger partial charge is 0.234 e. The van der Waals surface area contributed by atoms with E-state index in [9.17, 15) is 9.59 Å². The third-order valence-corrected chi connectivity index (χ3v) is 6.28. The highest BCUT2D eigenvalue weighted by atomic mass is 32.2. The van der Waals surface area contributed by atoms with Gasteiger partial charge in [-0.15, -0.1) is 10.2 Å². The summed E-state index contributed by atoms with van der Waals surface area (Å²) < 4.78 is 2.13. The summed E-state index contributed by atoms with van der Waals surface area (Å²) in [6, 6.07) is 25.1. The van der Waals surface area contributed by atoms with Crippen LogP contribution in [0.3, 0.4) is 0 Å². The van der Waals surface area contributed by atoms with E-state index >= 15 is 0 Å². The minimum atomic E-state index is -0.186. The summed E-state index contributed by atoms with van der Waals surface area (Å²) in [5.74, 6) is -0.0622. The number of nitrogens with zero attached hydrogens (tertiary/aromatic N) is 4. The van der Waals surface area contributed by atoms with Gasteiger partial charge in [0.1, 0.15) is 5.52 Å². The fourth-order valence-corrected chi connectivity index (χ4v) is 4.37. The van der Waals surface area contributed by atoms with Gasteiger partial charge in [0.05, 0.1) is 11.3 Å². The minimum absolute atomic E-state index is 0.0156. The first kappa shape index (κ1) is 21.8. The van der Waals surface area contributed by atoms with Crippen LogP contribution in [0, 0.1) is 0 Å². The van der Waals surface area contributed by atoms with Crippen LogP contribution in [0.25, 0.3) is 22.1 Å². The summed E-state index contributed by atoms with van der Waals surface area (Å²) in [5, 5.41) is 13.0. The van der Waals surface area contributed by atoms with Crippen LogP contribution >= 0.6 is 11.8 Å². The Morgan fingerprint density at radius 1 is 0.912 bits per heavy atom. The molecule has 0 aliphatic heterocycles. The van der Waals surface area contributed by atoms with Gasteiger partial charge in [0.15, 0.2) is 11.4 Å². The van der Waals surface area contributed by atoms with E-state index in [2.05, 4.69) is 38.3 Å². The molecule has 0 unspecified atom stereocenters. The topological polar surface area (TPSA) is 89.8 Å². The van der Waals surface area contributed by atoms with Gasteiger partial charge in [0, 0.05) is 23.2 Å². The van der Waals surface area contributed by atoms with Crippen LogP contribution in [0.2, 0.25) is 0 Å². The van der Waals surface area contributed by atoms with Crippen molar-refractivity contribution in [3.05, 3.63) is 90.0 Å². The molecule has 0 spiro atoms. The number of carbonyl (C=O) groups excluding carboxylic acids is 2. The van der Waals surface area contributed by atoms with Crippen molar-refractivity contribution in [3.8, 4) is 0 Å². The Balaban J connectivity index is 1.37. The SMILES string of the molecule is CC(=O)c1ccc(NC(=O)CSc2nnc3c4ccccc4n(Cc4ccccc4)c3n2)cc1. The highest BCUT2D eigenvalue weighted by molar-refractivity contribution is 7.99. The predicted molar refractivity (Wildman–Crippen MR) is 134 cm³/mol. The highest BCUT2D eigenvalue weighted by Gasteiger charge is 2.16. The summed E-state index contributed by atoms with van der Waals surface area (Å²) >= 11 is 1.23. The lowest BCUT2D eigenvalue weighted by Gasteiger charge is -2.07.